The molecule has 0 aliphatic rings. The van der Waals surface area contributed by atoms with Gasteiger partial charge in [-0.2, -0.15) is 27.8 Å². The maximum absolute atomic E-state index is 12.4. The van der Waals surface area contributed by atoms with Crippen molar-refractivity contribution in [2.45, 2.75) is 25.9 Å². The van der Waals surface area contributed by atoms with Gasteiger partial charge in [0.15, 0.2) is 12.3 Å². The molecule has 0 unspecified atom stereocenters. The van der Waals surface area contributed by atoms with Crippen LogP contribution >= 0.6 is 11.6 Å². The van der Waals surface area contributed by atoms with Gasteiger partial charge in [0.2, 0.25) is 0 Å². The maximum Gasteiger partial charge on any atom is 0.422 e. The third-order valence-electron chi connectivity index (χ3n) is 3.55. The molecular weight excluding hydrogens is 373 g/mol. The summed E-state index contributed by atoms with van der Waals surface area (Å²) >= 11 is 5.91. The molecule has 2 aromatic heterocycles. The van der Waals surface area contributed by atoms with Crippen molar-refractivity contribution in [3.8, 4) is 17.1 Å². The van der Waals surface area contributed by atoms with Gasteiger partial charge < -0.3 is 4.74 Å². The largest absolute Gasteiger partial charge is 0.455 e. The minimum absolute atomic E-state index is 0.0543. The second-order valence-electron chi connectivity index (χ2n) is 5.91. The molecule has 0 atom stereocenters. The van der Waals surface area contributed by atoms with E-state index in [-0.39, 0.29) is 11.6 Å². The van der Waals surface area contributed by atoms with Crippen LogP contribution in [0, 0.1) is 0 Å². The molecule has 3 aromatic rings. The van der Waals surface area contributed by atoms with Crippen LogP contribution < -0.4 is 10.4 Å². The molecule has 3 rings (SSSR count). The number of hydrogen-bond acceptors (Lipinski definition) is 4. The number of ether oxygens (including phenoxy) is 1. The first-order valence-corrected chi connectivity index (χ1v) is 8.02. The third-order valence-corrected chi connectivity index (χ3v) is 3.81. The minimum atomic E-state index is -4.55. The molecule has 0 spiro atoms. The highest BCUT2D eigenvalue weighted by Crippen LogP contribution is 2.32. The van der Waals surface area contributed by atoms with Crippen LogP contribution in [0.2, 0.25) is 5.02 Å². The lowest BCUT2D eigenvalue weighted by atomic mass is 10.00. The average Bonchev–Trinajstić information content (AvgIpc) is 2.93. The predicted octanol–water partition coefficient (Wildman–Crippen LogP) is 3.80. The number of benzene rings is 1. The summed E-state index contributed by atoms with van der Waals surface area (Å²) in [7, 11) is 0. The van der Waals surface area contributed by atoms with E-state index in [0.29, 0.717) is 21.8 Å². The van der Waals surface area contributed by atoms with Crippen LogP contribution in [-0.2, 0) is 0 Å². The van der Waals surface area contributed by atoms with E-state index in [2.05, 4.69) is 19.8 Å². The SMILES string of the molecule is CC(C)c1nn2c(=O)[nH]c(OCC(F)(F)F)nc2c1-c1ccc(Cl)cc1. The number of aromatic amines is 1. The Balaban J connectivity index is 2.20. The highest BCUT2D eigenvalue weighted by atomic mass is 35.5. The van der Waals surface area contributed by atoms with E-state index in [4.69, 9.17) is 11.6 Å². The minimum Gasteiger partial charge on any atom is -0.455 e. The number of hydrogen-bond donors (Lipinski definition) is 1. The molecule has 0 aliphatic carbocycles. The second-order valence-corrected chi connectivity index (χ2v) is 6.34. The van der Waals surface area contributed by atoms with Crippen molar-refractivity contribution in [1.29, 1.82) is 0 Å². The fourth-order valence-corrected chi connectivity index (χ4v) is 2.58. The predicted molar refractivity (Wildman–Crippen MR) is 89.7 cm³/mol. The van der Waals surface area contributed by atoms with Crippen molar-refractivity contribution in [2.75, 3.05) is 6.61 Å². The Hall–Kier alpha value is -2.55. The number of rotatable bonds is 4. The van der Waals surface area contributed by atoms with Gasteiger partial charge in [0.25, 0.3) is 6.01 Å². The Morgan fingerprint density at radius 2 is 1.92 bits per heavy atom. The quantitative estimate of drug-likeness (QED) is 0.740. The number of fused-ring (bicyclic) bond motifs is 1. The topological polar surface area (TPSA) is 72.3 Å². The Morgan fingerprint density at radius 1 is 1.27 bits per heavy atom. The van der Waals surface area contributed by atoms with Gasteiger partial charge in [0.05, 0.1) is 11.3 Å². The molecule has 0 amide bonds. The summed E-state index contributed by atoms with van der Waals surface area (Å²) < 4.78 is 42.7. The molecular formula is C16H14ClF3N4O2. The number of alkyl halides is 3. The molecule has 10 heteroatoms. The number of nitrogens with one attached hydrogen (secondary N) is 1. The Morgan fingerprint density at radius 3 is 2.50 bits per heavy atom. The van der Waals surface area contributed by atoms with Crippen LogP contribution in [0.5, 0.6) is 6.01 Å². The molecule has 1 aromatic carbocycles. The van der Waals surface area contributed by atoms with Gasteiger partial charge in [0, 0.05) is 5.02 Å². The molecule has 138 valence electrons. The summed E-state index contributed by atoms with van der Waals surface area (Å²) in [6.45, 7) is 2.21. The van der Waals surface area contributed by atoms with Gasteiger partial charge in [-0.05, 0) is 23.6 Å². The first kappa shape index (κ1) is 18.2. The van der Waals surface area contributed by atoms with E-state index in [9.17, 15) is 18.0 Å². The summed E-state index contributed by atoms with van der Waals surface area (Å²) in [6.07, 6.45) is -4.55. The van der Waals surface area contributed by atoms with Crippen LogP contribution in [0.4, 0.5) is 13.2 Å². The summed E-state index contributed by atoms with van der Waals surface area (Å²) in [5.41, 5.74) is 1.18. The number of nitrogens with zero attached hydrogens (tertiary/aromatic N) is 3. The van der Waals surface area contributed by atoms with Crippen LogP contribution in [0.3, 0.4) is 0 Å². The monoisotopic (exact) mass is 386 g/mol. The van der Waals surface area contributed by atoms with E-state index >= 15 is 0 Å². The third kappa shape index (κ3) is 3.67. The van der Waals surface area contributed by atoms with Gasteiger partial charge in [-0.3, -0.25) is 4.98 Å². The zero-order valence-electron chi connectivity index (χ0n) is 13.8. The average molecular weight is 387 g/mol. The smallest absolute Gasteiger partial charge is 0.422 e. The molecule has 0 saturated carbocycles. The molecule has 1 N–H and O–H groups in total. The zero-order chi connectivity index (χ0) is 19.1. The highest BCUT2D eigenvalue weighted by Gasteiger charge is 2.29. The summed E-state index contributed by atoms with van der Waals surface area (Å²) in [5.74, 6) is -0.0543. The van der Waals surface area contributed by atoms with Gasteiger partial charge in [0.1, 0.15) is 0 Å². The van der Waals surface area contributed by atoms with Crippen molar-refractivity contribution in [3.63, 3.8) is 0 Å². The summed E-state index contributed by atoms with van der Waals surface area (Å²) in [6, 6.07) is 6.26. The zero-order valence-corrected chi connectivity index (χ0v) is 14.5. The number of halogens is 4. The lowest BCUT2D eigenvalue weighted by Crippen LogP contribution is -2.24. The summed E-state index contributed by atoms with van der Waals surface area (Å²) in [5, 5.41) is 4.78. The molecule has 0 bridgehead atoms. The maximum atomic E-state index is 12.4. The first-order valence-electron chi connectivity index (χ1n) is 7.64. The van der Waals surface area contributed by atoms with E-state index < -0.39 is 24.5 Å². The highest BCUT2D eigenvalue weighted by molar-refractivity contribution is 6.30. The van der Waals surface area contributed by atoms with E-state index in [1.54, 1.807) is 24.3 Å². The molecule has 0 aliphatic heterocycles. The van der Waals surface area contributed by atoms with E-state index in [1.807, 2.05) is 13.8 Å². The lowest BCUT2D eigenvalue weighted by Gasteiger charge is -2.08. The molecule has 26 heavy (non-hydrogen) atoms. The van der Waals surface area contributed by atoms with Crippen LogP contribution in [0.15, 0.2) is 29.1 Å². The van der Waals surface area contributed by atoms with Crippen LogP contribution in [0.1, 0.15) is 25.5 Å². The number of aromatic nitrogens is 4. The van der Waals surface area contributed by atoms with Crippen LogP contribution in [-0.4, -0.2) is 32.4 Å². The molecule has 0 saturated heterocycles. The molecule has 2 heterocycles. The fraction of sp³-hybridized carbons (Fsp3) is 0.312. The normalized spacial score (nSPS) is 12.1. The van der Waals surface area contributed by atoms with Crippen molar-refractivity contribution in [3.05, 3.63) is 45.5 Å². The fourth-order valence-electron chi connectivity index (χ4n) is 2.46. The van der Waals surface area contributed by atoms with Crippen molar-refractivity contribution >= 4 is 17.2 Å². The molecule has 0 radical (unpaired) electrons. The van der Waals surface area contributed by atoms with Gasteiger partial charge >= 0.3 is 11.9 Å². The van der Waals surface area contributed by atoms with E-state index in [0.717, 1.165) is 4.52 Å². The number of H-pyrrole nitrogens is 1. The van der Waals surface area contributed by atoms with Gasteiger partial charge in [-0.1, -0.05) is 37.6 Å². The van der Waals surface area contributed by atoms with Crippen molar-refractivity contribution < 1.29 is 17.9 Å². The molecule has 0 fully saturated rings. The van der Waals surface area contributed by atoms with Crippen LogP contribution in [0.25, 0.3) is 16.8 Å². The first-order chi connectivity index (χ1) is 12.2. The summed E-state index contributed by atoms with van der Waals surface area (Å²) in [4.78, 5) is 18.4. The Labute approximate surface area is 150 Å². The lowest BCUT2D eigenvalue weighted by molar-refractivity contribution is -0.154. The van der Waals surface area contributed by atoms with Crippen molar-refractivity contribution in [2.24, 2.45) is 0 Å². The Kier molecular flexibility index (Phi) is 4.66. The van der Waals surface area contributed by atoms with E-state index in [1.165, 1.54) is 0 Å². The van der Waals surface area contributed by atoms with Gasteiger partial charge in [-0.15, -0.1) is 0 Å². The second kappa shape index (κ2) is 6.64. The molecule has 6 nitrogen and oxygen atoms in total. The van der Waals surface area contributed by atoms with Crippen molar-refractivity contribution in [1.82, 2.24) is 19.6 Å². The Bertz CT molecular complexity index is 994. The standard InChI is InChI=1S/C16H14ClF3N4O2/c1-8(2)12-11(9-3-5-10(17)6-4-9)13-21-14(26-7-16(18,19)20)22-15(25)24(13)23-12/h3-6,8H,7H2,1-2H3,(H,21,22,25). The van der Waals surface area contributed by atoms with Gasteiger partial charge in [-0.25, -0.2) is 4.79 Å².